The molecule has 2 N–H and O–H groups in total. The van der Waals surface area contributed by atoms with Gasteiger partial charge in [0.25, 0.3) is 0 Å². The molecule has 0 saturated carbocycles. The summed E-state index contributed by atoms with van der Waals surface area (Å²) in [6.45, 7) is 1.74. The number of hydrogen-bond acceptors (Lipinski definition) is 3. The summed E-state index contributed by atoms with van der Waals surface area (Å²) in [7, 11) is -1.55. The number of nitrogens with zero attached hydrogens (tertiary/aromatic N) is 1. The third kappa shape index (κ3) is 1.71. The summed E-state index contributed by atoms with van der Waals surface area (Å²) < 4.78 is 0. The number of aryl methyl sites for hydroxylation is 1. The molecule has 1 aromatic rings. The van der Waals surface area contributed by atoms with E-state index >= 15 is 0 Å². The Balaban J connectivity index is 3.21. The minimum Gasteiger partial charge on any atom is -0.423 e. The zero-order valence-corrected chi connectivity index (χ0v) is 6.71. The lowest BCUT2D eigenvalue weighted by Gasteiger charge is -2.04. The van der Waals surface area contributed by atoms with Crippen LogP contribution in [-0.4, -0.2) is 22.2 Å². The third-order valence-electron chi connectivity index (χ3n) is 1.42. The van der Waals surface area contributed by atoms with Crippen LogP contribution in [-0.2, 0) is 0 Å². The van der Waals surface area contributed by atoms with Crippen LogP contribution < -0.4 is 5.46 Å². The van der Waals surface area contributed by atoms with Gasteiger partial charge in [-0.1, -0.05) is 11.6 Å². The molecule has 0 aromatic carbocycles. The van der Waals surface area contributed by atoms with Crippen molar-refractivity contribution in [3.05, 3.63) is 23.0 Å². The van der Waals surface area contributed by atoms with Crippen molar-refractivity contribution in [3.63, 3.8) is 0 Å². The van der Waals surface area contributed by atoms with Gasteiger partial charge < -0.3 is 10.0 Å². The largest absolute Gasteiger partial charge is 0.491 e. The summed E-state index contributed by atoms with van der Waals surface area (Å²) in [6, 6.07) is 1.67. The minimum atomic E-state index is -1.55. The first-order chi connectivity index (χ1) is 5.13. The van der Waals surface area contributed by atoms with Gasteiger partial charge >= 0.3 is 7.12 Å². The quantitative estimate of drug-likeness (QED) is 0.451. The number of pyridine rings is 1. The molecule has 1 rings (SSSR count). The van der Waals surface area contributed by atoms with Crippen molar-refractivity contribution < 1.29 is 10.0 Å². The smallest absolute Gasteiger partial charge is 0.423 e. The Bertz CT molecular complexity index is 247. The fraction of sp³-hybridized carbons (Fsp3) is 0.167. The van der Waals surface area contributed by atoms with Crippen LogP contribution in [0.25, 0.3) is 0 Å². The van der Waals surface area contributed by atoms with Gasteiger partial charge in [0.1, 0.15) is 5.15 Å². The molecule has 0 unspecified atom stereocenters. The minimum absolute atomic E-state index is 0.139. The monoisotopic (exact) mass is 171 g/mol. The van der Waals surface area contributed by atoms with E-state index in [1.165, 1.54) is 6.20 Å². The molecular formula is C6H7BClNO2. The van der Waals surface area contributed by atoms with E-state index < -0.39 is 7.12 Å². The van der Waals surface area contributed by atoms with Crippen LogP contribution in [0.5, 0.6) is 0 Å². The van der Waals surface area contributed by atoms with Crippen molar-refractivity contribution in [1.82, 2.24) is 4.98 Å². The fourth-order valence-corrected chi connectivity index (χ4v) is 1.15. The SMILES string of the molecule is Cc1ccnc(Cl)c1B(O)O. The number of halogens is 1. The molecule has 0 fully saturated rings. The van der Waals surface area contributed by atoms with Gasteiger partial charge in [0.2, 0.25) is 0 Å². The van der Waals surface area contributed by atoms with Crippen LogP contribution in [0.3, 0.4) is 0 Å². The van der Waals surface area contributed by atoms with Crippen LogP contribution in [0.15, 0.2) is 12.3 Å². The van der Waals surface area contributed by atoms with Crippen molar-refractivity contribution in [2.24, 2.45) is 0 Å². The average molecular weight is 171 g/mol. The predicted molar refractivity (Wildman–Crippen MR) is 43.8 cm³/mol. The zero-order valence-electron chi connectivity index (χ0n) is 5.95. The summed E-state index contributed by atoms with van der Waals surface area (Å²) in [6.07, 6.45) is 1.52. The maximum atomic E-state index is 8.82. The summed E-state index contributed by atoms with van der Waals surface area (Å²) >= 11 is 5.59. The highest BCUT2D eigenvalue weighted by molar-refractivity contribution is 6.62. The lowest BCUT2D eigenvalue weighted by Crippen LogP contribution is -2.33. The van der Waals surface area contributed by atoms with Gasteiger partial charge in [-0.05, 0) is 18.6 Å². The number of hydrogen-bond donors (Lipinski definition) is 2. The average Bonchev–Trinajstić information content (AvgIpc) is 1.85. The molecule has 0 saturated heterocycles. The summed E-state index contributed by atoms with van der Waals surface area (Å²) in [5, 5.41) is 17.8. The van der Waals surface area contributed by atoms with Crippen LogP contribution >= 0.6 is 11.6 Å². The molecule has 5 heteroatoms. The van der Waals surface area contributed by atoms with Crippen LogP contribution in [0.1, 0.15) is 5.56 Å². The van der Waals surface area contributed by atoms with Crippen LogP contribution in [0.4, 0.5) is 0 Å². The van der Waals surface area contributed by atoms with Gasteiger partial charge in [-0.2, -0.15) is 0 Å². The molecule has 1 heterocycles. The molecule has 11 heavy (non-hydrogen) atoms. The highest BCUT2D eigenvalue weighted by Gasteiger charge is 2.17. The topological polar surface area (TPSA) is 53.4 Å². The van der Waals surface area contributed by atoms with Crippen molar-refractivity contribution in [2.45, 2.75) is 6.92 Å². The van der Waals surface area contributed by atoms with Gasteiger partial charge in [0.05, 0.1) is 0 Å². The normalized spacial score (nSPS) is 9.82. The third-order valence-corrected chi connectivity index (χ3v) is 1.72. The van der Waals surface area contributed by atoms with E-state index in [-0.39, 0.29) is 10.6 Å². The number of rotatable bonds is 1. The van der Waals surface area contributed by atoms with E-state index in [2.05, 4.69) is 4.98 Å². The van der Waals surface area contributed by atoms with Gasteiger partial charge in [-0.15, -0.1) is 0 Å². The Hall–Kier alpha value is -0.575. The molecule has 0 radical (unpaired) electrons. The Morgan fingerprint density at radius 3 is 2.55 bits per heavy atom. The van der Waals surface area contributed by atoms with Crippen molar-refractivity contribution in [3.8, 4) is 0 Å². The van der Waals surface area contributed by atoms with Gasteiger partial charge in [-0.3, -0.25) is 0 Å². The maximum Gasteiger partial charge on any atom is 0.491 e. The van der Waals surface area contributed by atoms with E-state index in [1.807, 2.05) is 0 Å². The molecular weight excluding hydrogens is 164 g/mol. The Morgan fingerprint density at radius 1 is 1.55 bits per heavy atom. The molecule has 0 atom stereocenters. The highest BCUT2D eigenvalue weighted by atomic mass is 35.5. The first kappa shape index (κ1) is 8.52. The fourth-order valence-electron chi connectivity index (χ4n) is 0.847. The Kier molecular flexibility index (Phi) is 2.49. The van der Waals surface area contributed by atoms with Gasteiger partial charge in [0.15, 0.2) is 0 Å². The summed E-state index contributed by atoms with van der Waals surface area (Å²) in [5.41, 5.74) is 0.995. The highest BCUT2D eigenvalue weighted by Crippen LogP contribution is 2.03. The Labute approximate surface area is 69.8 Å². The molecule has 58 valence electrons. The molecule has 1 aromatic heterocycles. The van der Waals surface area contributed by atoms with E-state index in [0.29, 0.717) is 0 Å². The first-order valence-corrected chi connectivity index (χ1v) is 3.48. The summed E-state index contributed by atoms with van der Waals surface area (Å²) in [5.74, 6) is 0. The standard InChI is InChI=1S/C6H7BClNO2/c1-4-2-3-9-6(8)5(4)7(10)11/h2-3,10-11H,1H3. The lowest BCUT2D eigenvalue weighted by atomic mass is 9.79. The Morgan fingerprint density at radius 2 is 2.18 bits per heavy atom. The molecule has 0 spiro atoms. The molecule has 0 aliphatic carbocycles. The van der Waals surface area contributed by atoms with Crippen molar-refractivity contribution >= 4 is 24.2 Å². The summed E-state index contributed by atoms with van der Waals surface area (Å²) in [4.78, 5) is 3.71. The van der Waals surface area contributed by atoms with Crippen LogP contribution in [0.2, 0.25) is 5.15 Å². The second-order valence-corrected chi connectivity index (χ2v) is 2.56. The molecule has 0 aliphatic heterocycles. The second-order valence-electron chi connectivity index (χ2n) is 2.21. The number of aromatic nitrogens is 1. The van der Waals surface area contributed by atoms with Crippen molar-refractivity contribution in [1.29, 1.82) is 0 Å². The van der Waals surface area contributed by atoms with Gasteiger partial charge in [-0.25, -0.2) is 4.98 Å². The zero-order chi connectivity index (χ0) is 8.43. The van der Waals surface area contributed by atoms with Gasteiger partial charge in [0, 0.05) is 11.7 Å². The van der Waals surface area contributed by atoms with E-state index in [4.69, 9.17) is 21.6 Å². The van der Waals surface area contributed by atoms with Crippen LogP contribution in [0, 0.1) is 6.92 Å². The van der Waals surface area contributed by atoms with E-state index in [9.17, 15) is 0 Å². The molecule has 0 amide bonds. The molecule has 0 aliphatic rings. The van der Waals surface area contributed by atoms with E-state index in [1.54, 1.807) is 13.0 Å². The maximum absolute atomic E-state index is 8.82. The first-order valence-electron chi connectivity index (χ1n) is 3.10. The van der Waals surface area contributed by atoms with E-state index in [0.717, 1.165) is 5.56 Å². The van der Waals surface area contributed by atoms with Crippen molar-refractivity contribution in [2.75, 3.05) is 0 Å². The second kappa shape index (κ2) is 3.22. The lowest BCUT2D eigenvalue weighted by molar-refractivity contribution is 0.425. The molecule has 0 bridgehead atoms. The predicted octanol–water partition coefficient (Wildman–Crippen LogP) is -0.277. The molecule has 3 nitrogen and oxygen atoms in total.